The number of nitrogens with zero attached hydrogens (tertiary/aromatic N) is 4. The largest absolute Gasteiger partial charge is 0.393 e. The van der Waals surface area contributed by atoms with Gasteiger partial charge in [-0.15, -0.1) is 5.10 Å². The van der Waals surface area contributed by atoms with Gasteiger partial charge in [0.1, 0.15) is 0 Å². The zero-order valence-electron chi connectivity index (χ0n) is 7.72. The van der Waals surface area contributed by atoms with Crippen LogP contribution in [0.5, 0.6) is 0 Å². The van der Waals surface area contributed by atoms with Gasteiger partial charge in [-0.25, -0.2) is 4.68 Å². The first-order valence-electron chi connectivity index (χ1n) is 4.66. The summed E-state index contributed by atoms with van der Waals surface area (Å²) in [5, 5.41) is 20.8. The lowest BCUT2D eigenvalue weighted by Crippen LogP contribution is -2.17. The average molecular weight is 182 g/mol. The summed E-state index contributed by atoms with van der Waals surface area (Å²) in [4.78, 5) is 0. The highest BCUT2D eigenvalue weighted by molar-refractivity contribution is 4.88. The molecule has 0 bridgehead atoms. The smallest absolute Gasteiger partial charge is 0.151 e. The summed E-state index contributed by atoms with van der Waals surface area (Å²) in [7, 11) is 1.83. The quantitative estimate of drug-likeness (QED) is 0.694. The molecule has 1 fully saturated rings. The molecule has 2 unspecified atom stereocenters. The molecule has 0 aromatic carbocycles. The Morgan fingerprint density at radius 1 is 1.54 bits per heavy atom. The maximum Gasteiger partial charge on any atom is 0.151 e. The highest BCUT2D eigenvalue weighted by Crippen LogP contribution is 2.27. The van der Waals surface area contributed by atoms with Crippen LogP contribution in [0.3, 0.4) is 0 Å². The highest BCUT2D eigenvalue weighted by atomic mass is 16.3. The van der Waals surface area contributed by atoms with Crippen LogP contribution >= 0.6 is 0 Å². The molecule has 0 aliphatic heterocycles. The number of tetrazole rings is 1. The van der Waals surface area contributed by atoms with Crippen molar-refractivity contribution in [1.82, 2.24) is 20.2 Å². The lowest BCUT2D eigenvalue weighted by atomic mass is 10.0. The first-order valence-corrected chi connectivity index (χ1v) is 4.66. The predicted octanol–water partition coefficient (Wildman–Crippen LogP) is -0.0864. The van der Waals surface area contributed by atoms with Gasteiger partial charge in [-0.2, -0.15) is 0 Å². The van der Waals surface area contributed by atoms with Gasteiger partial charge < -0.3 is 5.11 Å². The second-order valence-electron chi connectivity index (χ2n) is 3.68. The van der Waals surface area contributed by atoms with E-state index in [9.17, 15) is 5.11 Å². The summed E-state index contributed by atoms with van der Waals surface area (Å²) in [5.74, 6) is 1.22. The standard InChI is InChI=1S/C8H14N4O/c1-12-8(9-10-11-12)5-6-3-2-4-7(6)13/h6-7,13H,2-5H2,1H3. The van der Waals surface area contributed by atoms with Crippen LogP contribution in [-0.2, 0) is 13.5 Å². The van der Waals surface area contributed by atoms with Gasteiger partial charge in [-0.05, 0) is 29.2 Å². The van der Waals surface area contributed by atoms with Gasteiger partial charge in [-0.3, -0.25) is 0 Å². The van der Waals surface area contributed by atoms with Gasteiger partial charge in [0.15, 0.2) is 5.82 Å². The molecule has 1 aliphatic rings. The third kappa shape index (κ3) is 1.70. The minimum Gasteiger partial charge on any atom is -0.393 e. The Kier molecular flexibility index (Phi) is 2.26. The first kappa shape index (κ1) is 8.62. The molecule has 13 heavy (non-hydrogen) atoms. The van der Waals surface area contributed by atoms with Gasteiger partial charge in [0.05, 0.1) is 6.10 Å². The van der Waals surface area contributed by atoms with E-state index in [2.05, 4.69) is 15.5 Å². The van der Waals surface area contributed by atoms with Crippen molar-refractivity contribution in [3.8, 4) is 0 Å². The molecule has 2 atom stereocenters. The second-order valence-corrected chi connectivity index (χ2v) is 3.68. The Morgan fingerprint density at radius 3 is 2.92 bits per heavy atom. The fourth-order valence-corrected chi connectivity index (χ4v) is 1.91. The third-order valence-electron chi connectivity index (χ3n) is 2.77. The molecule has 72 valence electrons. The van der Waals surface area contributed by atoms with E-state index in [1.54, 1.807) is 4.68 Å². The van der Waals surface area contributed by atoms with Gasteiger partial charge in [0, 0.05) is 13.5 Å². The molecule has 1 aromatic rings. The minimum atomic E-state index is -0.156. The minimum absolute atomic E-state index is 0.156. The van der Waals surface area contributed by atoms with E-state index in [1.807, 2.05) is 7.05 Å². The molecule has 2 rings (SSSR count). The summed E-state index contributed by atoms with van der Waals surface area (Å²) in [6.45, 7) is 0. The Hall–Kier alpha value is -0.970. The number of rotatable bonds is 2. The average Bonchev–Trinajstić information content (AvgIpc) is 2.65. The topological polar surface area (TPSA) is 63.8 Å². The summed E-state index contributed by atoms with van der Waals surface area (Å²) in [5.41, 5.74) is 0. The Bertz CT molecular complexity index is 285. The molecule has 1 saturated carbocycles. The van der Waals surface area contributed by atoms with E-state index in [4.69, 9.17) is 0 Å². The summed E-state index contributed by atoms with van der Waals surface area (Å²) in [6.07, 6.45) is 3.78. The SMILES string of the molecule is Cn1nnnc1CC1CCCC1O. The number of aryl methyl sites for hydroxylation is 1. The molecule has 1 aliphatic carbocycles. The monoisotopic (exact) mass is 182 g/mol. The van der Waals surface area contributed by atoms with Crippen molar-refractivity contribution >= 4 is 0 Å². The molecular formula is C8H14N4O. The van der Waals surface area contributed by atoms with Crippen molar-refractivity contribution in [3.63, 3.8) is 0 Å². The Labute approximate surface area is 76.8 Å². The number of hydrogen-bond donors (Lipinski definition) is 1. The van der Waals surface area contributed by atoms with Gasteiger partial charge in [0.25, 0.3) is 0 Å². The van der Waals surface area contributed by atoms with Crippen LogP contribution in [0.2, 0.25) is 0 Å². The molecule has 0 radical (unpaired) electrons. The first-order chi connectivity index (χ1) is 6.27. The van der Waals surface area contributed by atoms with E-state index in [-0.39, 0.29) is 6.10 Å². The van der Waals surface area contributed by atoms with Crippen molar-refractivity contribution in [2.24, 2.45) is 13.0 Å². The molecule has 5 nitrogen and oxygen atoms in total. The fraction of sp³-hybridized carbons (Fsp3) is 0.875. The van der Waals surface area contributed by atoms with Crippen LogP contribution < -0.4 is 0 Å². The van der Waals surface area contributed by atoms with Crippen molar-refractivity contribution in [1.29, 1.82) is 0 Å². The van der Waals surface area contributed by atoms with Crippen LogP contribution in [0.25, 0.3) is 0 Å². The van der Waals surface area contributed by atoms with Crippen LogP contribution in [0.1, 0.15) is 25.1 Å². The second kappa shape index (κ2) is 3.41. The molecule has 1 N–H and O–H groups in total. The summed E-state index contributed by atoms with van der Waals surface area (Å²) >= 11 is 0. The van der Waals surface area contributed by atoms with E-state index < -0.39 is 0 Å². The molecule has 1 aromatic heterocycles. The molecule has 0 saturated heterocycles. The molecule has 0 amide bonds. The van der Waals surface area contributed by atoms with E-state index >= 15 is 0 Å². The number of hydrogen-bond acceptors (Lipinski definition) is 4. The Morgan fingerprint density at radius 2 is 2.38 bits per heavy atom. The molecule has 1 heterocycles. The lowest BCUT2D eigenvalue weighted by molar-refractivity contribution is 0.131. The Balaban J connectivity index is 2.01. The van der Waals surface area contributed by atoms with Crippen molar-refractivity contribution in [3.05, 3.63) is 5.82 Å². The third-order valence-corrected chi connectivity index (χ3v) is 2.77. The fourth-order valence-electron chi connectivity index (χ4n) is 1.91. The summed E-state index contributed by atoms with van der Waals surface area (Å²) in [6, 6.07) is 0. The number of aliphatic hydroxyl groups excluding tert-OH is 1. The van der Waals surface area contributed by atoms with Crippen LogP contribution in [0, 0.1) is 5.92 Å². The van der Waals surface area contributed by atoms with Crippen LogP contribution in [-0.4, -0.2) is 31.4 Å². The maximum atomic E-state index is 9.60. The molecule has 0 spiro atoms. The zero-order chi connectivity index (χ0) is 9.26. The van der Waals surface area contributed by atoms with Crippen molar-refractivity contribution < 1.29 is 5.11 Å². The summed E-state index contributed by atoms with van der Waals surface area (Å²) < 4.78 is 1.67. The predicted molar refractivity (Wildman–Crippen MR) is 45.8 cm³/mol. The van der Waals surface area contributed by atoms with E-state index in [0.29, 0.717) is 5.92 Å². The van der Waals surface area contributed by atoms with Gasteiger partial charge >= 0.3 is 0 Å². The lowest BCUT2D eigenvalue weighted by Gasteiger charge is -2.12. The zero-order valence-corrected chi connectivity index (χ0v) is 7.72. The van der Waals surface area contributed by atoms with E-state index in [1.165, 1.54) is 0 Å². The highest BCUT2D eigenvalue weighted by Gasteiger charge is 2.26. The van der Waals surface area contributed by atoms with Crippen molar-refractivity contribution in [2.45, 2.75) is 31.8 Å². The van der Waals surface area contributed by atoms with E-state index in [0.717, 1.165) is 31.5 Å². The number of aliphatic hydroxyl groups is 1. The molecule has 5 heteroatoms. The number of aromatic nitrogens is 4. The van der Waals surface area contributed by atoms with Gasteiger partial charge in [0.2, 0.25) is 0 Å². The normalized spacial score (nSPS) is 28.2. The van der Waals surface area contributed by atoms with Gasteiger partial charge in [-0.1, -0.05) is 6.42 Å². The van der Waals surface area contributed by atoms with Crippen molar-refractivity contribution in [2.75, 3.05) is 0 Å². The van der Waals surface area contributed by atoms with Crippen LogP contribution in [0.4, 0.5) is 0 Å². The van der Waals surface area contributed by atoms with Crippen LogP contribution in [0.15, 0.2) is 0 Å². The maximum absolute atomic E-state index is 9.60. The molecular weight excluding hydrogens is 168 g/mol.